The van der Waals surface area contributed by atoms with Crippen LogP contribution in [0.1, 0.15) is 0 Å². The van der Waals surface area contributed by atoms with Gasteiger partial charge in [-0.1, -0.05) is 23.2 Å². The predicted molar refractivity (Wildman–Crippen MR) is 62.4 cm³/mol. The van der Waals surface area contributed by atoms with Gasteiger partial charge in [0.05, 0.1) is 24.8 Å². The molecule has 0 fully saturated rings. The second kappa shape index (κ2) is 7.66. The summed E-state index contributed by atoms with van der Waals surface area (Å²) in [6.45, 7) is 1.54. The van der Waals surface area contributed by atoms with Gasteiger partial charge in [-0.2, -0.15) is 9.37 Å². The summed E-state index contributed by atoms with van der Waals surface area (Å²) in [6, 6.07) is 1.24. The van der Waals surface area contributed by atoms with Gasteiger partial charge < -0.3 is 14.2 Å². The van der Waals surface area contributed by atoms with E-state index in [4.69, 9.17) is 37.4 Å². The van der Waals surface area contributed by atoms with Crippen LogP contribution in [-0.2, 0) is 9.47 Å². The third-order valence-electron chi connectivity index (χ3n) is 1.75. The Balaban J connectivity index is 2.34. The zero-order valence-corrected chi connectivity index (χ0v) is 10.7. The Hall–Kier alpha value is -0.620. The smallest absolute Gasteiger partial charge is 0.235 e. The molecule has 0 radical (unpaired) electrons. The summed E-state index contributed by atoms with van der Waals surface area (Å²) in [7, 11) is 1.58. The van der Waals surface area contributed by atoms with Crippen LogP contribution in [0.3, 0.4) is 0 Å². The van der Waals surface area contributed by atoms with Crippen LogP contribution in [0.25, 0.3) is 0 Å². The molecule has 1 heterocycles. The number of methoxy groups -OCH3 is 1. The molecular formula is C10H12Cl2FNO3. The summed E-state index contributed by atoms with van der Waals surface area (Å²) in [5, 5.41) is 0.0204. The van der Waals surface area contributed by atoms with Crippen LogP contribution >= 0.6 is 23.2 Å². The van der Waals surface area contributed by atoms with Crippen molar-refractivity contribution in [3.05, 3.63) is 22.1 Å². The molecule has 7 heteroatoms. The van der Waals surface area contributed by atoms with Gasteiger partial charge >= 0.3 is 0 Å². The van der Waals surface area contributed by atoms with Crippen LogP contribution in [-0.4, -0.2) is 38.5 Å². The van der Waals surface area contributed by atoms with Crippen molar-refractivity contribution in [1.82, 2.24) is 4.98 Å². The molecule has 0 spiro atoms. The largest absolute Gasteiger partial charge is 0.474 e. The molecular weight excluding hydrogens is 272 g/mol. The highest BCUT2D eigenvalue weighted by Crippen LogP contribution is 2.26. The van der Waals surface area contributed by atoms with Gasteiger partial charge in [-0.25, -0.2) is 0 Å². The molecule has 17 heavy (non-hydrogen) atoms. The quantitative estimate of drug-likeness (QED) is 0.570. The molecule has 0 saturated carbocycles. The van der Waals surface area contributed by atoms with Crippen molar-refractivity contribution in [3.8, 4) is 5.88 Å². The highest BCUT2D eigenvalue weighted by atomic mass is 35.5. The third kappa shape index (κ3) is 5.04. The van der Waals surface area contributed by atoms with Crippen LogP contribution in [0.4, 0.5) is 4.39 Å². The Morgan fingerprint density at radius 1 is 1.18 bits per heavy atom. The normalized spacial score (nSPS) is 10.6. The molecule has 0 N–H and O–H groups in total. The minimum Gasteiger partial charge on any atom is -0.474 e. The van der Waals surface area contributed by atoms with Crippen LogP contribution in [0, 0.1) is 5.95 Å². The van der Waals surface area contributed by atoms with Crippen molar-refractivity contribution in [1.29, 1.82) is 0 Å². The maximum atomic E-state index is 13.0. The van der Waals surface area contributed by atoms with Gasteiger partial charge in [0, 0.05) is 7.11 Å². The summed E-state index contributed by atoms with van der Waals surface area (Å²) >= 11 is 11.3. The number of hydrogen-bond acceptors (Lipinski definition) is 4. The van der Waals surface area contributed by atoms with Crippen LogP contribution < -0.4 is 4.74 Å². The molecule has 4 nitrogen and oxygen atoms in total. The van der Waals surface area contributed by atoms with Gasteiger partial charge in [-0.3, -0.25) is 0 Å². The van der Waals surface area contributed by atoms with Crippen LogP contribution in [0.5, 0.6) is 5.88 Å². The maximum absolute atomic E-state index is 13.0. The average Bonchev–Trinajstić information content (AvgIpc) is 2.30. The van der Waals surface area contributed by atoms with Gasteiger partial charge in [0.25, 0.3) is 0 Å². The fourth-order valence-electron chi connectivity index (χ4n) is 0.971. The van der Waals surface area contributed by atoms with E-state index in [9.17, 15) is 4.39 Å². The first-order chi connectivity index (χ1) is 8.15. The molecule has 0 aromatic carbocycles. The Morgan fingerprint density at radius 2 is 1.88 bits per heavy atom. The lowest BCUT2D eigenvalue weighted by Crippen LogP contribution is -2.11. The monoisotopic (exact) mass is 283 g/mol. The topological polar surface area (TPSA) is 40.6 Å². The van der Waals surface area contributed by atoms with E-state index in [1.54, 1.807) is 7.11 Å². The van der Waals surface area contributed by atoms with Crippen molar-refractivity contribution in [3.63, 3.8) is 0 Å². The Bertz CT molecular complexity index is 366. The van der Waals surface area contributed by atoms with E-state index < -0.39 is 5.95 Å². The third-order valence-corrected chi connectivity index (χ3v) is 2.29. The number of hydrogen-bond donors (Lipinski definition) is 0. The fourth-order valence-corrected chi connectivity index (χ4v) is 1.38. The Kier molecular flexibility index (Phi) is 6.50. The average molecular weight is 284 g/mol. The van der Waals surface area contributed by atoms with Gasteiger partial charge in [-0.15, -0.1) is 0 Å². The molecule has 0 aliphatic rings. The SMILES string of the molecule is COCCOCCOc1nc(F)c(Cl)cc1Cl. The zero-order chi connectivity index (χ0) is 12.7. The second-order valence-corrected chi connectivity index (χ2v) is 3.82. The lowest BCUT2D eigenvalue weighted by Gasteiger charge is -2.08. The highest BCUT2D eigenvalue weighted by molar-refractivity contribution is 6.35. The van der Waals surface area contributed by atoms with Crippen molar-refractivity contribution in [2.24, 2.45) is 0 Å². The predicted octanol–water partition coefficient (Wildman–Crippen LogP) is 2.57. The van der Waals surface area contributed by atoms with E-state index in [0.717, 1.165) is 0 Å². The summed E-state index contributed by atoms with van der Waals surface area (Å²) in [5.41, 5.74) is 0. The van der Waals surface area contributed by atoms with E-state index >= 15 is 0 Å². The molecule has 0 bridgehead atoms. The van der Waals surface area contributed by atoms with E-state index in [-0.39, 0.29) is 22.5 Å². The van der Waals surface area contributed by atoms with Crippen LogP contribution in [0.2, 0.25) is 10.0 Å². The van der Waals surface area contributed by atoms with Crippen molar-refractivity contribution < 1.29 is 18.6 Å². The molecule has 96 valence electrons. The lowest BCUT2D eigenvalue weighted by atomic mass is 10.5. The van der Waals surface area contributed by atoms with E-state index in [0.29, 0.717) is 19.8 Å². The molecule has 0 aliphatic heterocycles. The fraction of sp³-hybridized carbons (Fsp3) is 0.500. The number of nitrogens with zero attached hydrogens (tertiary/aromatic N) is 1. The minimum atomic E-state index is -0.814. The Labute approximate surface area is 109 Å². The van der Waals surface area contributed by atoms with Gasteiger partial charge in [0.15, 0.2) is 0 Å². The summed E-state index contributed by atoms with van der Waals surface area (Å²) in [4.78, 5) is 3.47. The molecule has 1 aromatic heterocycles. The summed E-state index contributed by atoms with van der Waals surface area (Å²) in [5.74, 6) is -0.810. The lowest BCUT2D eigenvalue weighted by molar-refractivity contribution is 0.0535. The maximum Gasteiger partial charge on any atom is 0.235 e. The van der Waals surface area contributed by atoms with Gasteiger partial charge in [0.1, 0.15) is 11.6 Å². The first-order valence-corrected chi connectivity index (χ1v) is 5.61. The minimum absolute atomic E-state index is 0.00362. The molecule has 1 aromatic rings. The summed E-state index contributed by atoms with van der Waals surface area (Å²) < 4.78 is 28.1. The standard InChI is InChI=1S/C10H12Cl2FNO3/c1-15-2-3-16-4-5-17-10-8(12)6-7(11)9(13)14-10/h6H,2-5H2,1H3. The molecule has 0 unspecified atom stereocenters. The van der Waals surface area contributed by atoms with Gasteiger partial charge in [0.2, 0.25) is 11.8 Å². The first-order valence-electron chi connectivity index (χ1n) is 4.86. The van der Waals surface area contributed by atoms with Crippen molar-refractivity contribution >= 4 is 23.2 Å². The molecule has 0 amide bonds. The Morgan fingerprint density at radius 3 is 2.59 bits per heavy atom. The number of aromatic nitrogens is 1. The van der Waals surface area contributed by atoms with Gasteiger partial charge in [-0.05, 0) is 6.07 Å². The zero-order valence-electron chi connectivity index (χ0n) is 9.21. The van der Waals surface area contributed by atoms with E-state index in [2.05, 4.69) is 4.98 Å². The van der Waals surface area contributed by atoms with Crippen molar-refractivity contribution in [2.45, 2.75) is 0 Å². The number of pyridine rings is 1. The van der Waals surface area contributed by atoms with E-state index in [1.165, 1.54) is 6.07 Å². The number of ether oxygens (including phenoxy) is 3. The highest BCUT2D eigenvalue weighted by Gasteiger charge is 2.09. The molecule has 0 atom stereocenters. The number of rotatable bonds is 7. The first kappa shape index (κ1) is 14.4. The van der Waals surface area contributed by atoms with Crippen LogP contribution in [0.15, 0.2) is 6.07 Å². The van der Waals surface area contributed by atoms with E-state index in [1.807, 2.05) is 0 Å². The molecule has 0 aliphatic carbocycles. The molecule has 0 saturated heterocycles. The summed E-state index contributed by atoms with van der Waals surface area (Å²) in [6.07, 6.45) is 0. The van der Waals surface area contributed by atoms with Crippen molar-refractivity contribution in [2.75, 3.05) is 33.5 Å². The molecule has 1 rings (SSSR count). The second-order valence-electron chi connectivity index (χ2n) is 3.00. The number of halogens is 3.